The molecule has 0 saturated carbocycles. The predicted molar refractivity (Wildman–Crippen MR) is 139 cm³/mol. The molecule has 8 nitrogen and oxygen atoms in total. The van der Waals surface area contributed by atoms with Crippen LogP contribution in [-0.4, -0.2) is 37.1 Å². The summed E-state index contributed by atoms with van der Waals surface area (Å²) in [6.45, 7) is 17.6. The average molecular weight is 513 g/mol. The maximum absolute atomic E-state index is 11.3. The van der Waals surface area contributed by atoms with Gasteiger partial charge in [-0.3, -0.25) is 0 Å². The summed E-state index contributed by atoms with van der Waals surface area (Å²) in [5, 5.41) is 0. The number of hydrogen-bond donors (Lipinski definition) is 0. The third-order valence-corrected chi connectivity index (χ3v) is 5.42. The van der Waals surface area contributed by atoms with Crippen LogP contribution in [0.4, 0.5) is 0 Å². The molecule has 0 fully saturated rings. The lowest BCUT2D eigenvalue weighted by Crippen LogP contribution is -2.26. The van der Waals surface area contributed by atoms with E-state index in [0.29, 0.717) is 11.5 Å². The van der Waals surface area contributed by atoms with E-state index in [2.05, 4.69) is 27.0 Å². The highest BCUT2D eigenvalue weighted by atomic mass is 16.8. The number of benzene rings is 2. The van der Waals surface area contributed by atoms with Crippen molar-refractivity contribution in [2.45, 2.75) is 72.1 Å². The lowest BCUT2D eigenvalue weighted by atomic mass is 9.78. The van der Waals surface area contributed by atoms with E-state index in [-0.39, 0.29) is 5.41 Å². The van der Waals surface area contributed by atoms with Gasteiger partial charge in [0.15, 0.2) is 0 Å². The van der Waals surface area contributed by atoms with Gasteiger partial charge in [-0.2, -0.15) is 0 Å². The molecule has 0 aliphatic rings. The molecule has 2 aromatic carbocycles. The Morgan fingerprint density at radius 1 is 0.649 bits per heavy atom. The normalized spacial score (nSPS) is 14.4. The van der Waals surface area contributed by atoms with E-state index < -0.39 is 37.1 Å². The molecule has 0 aromatic heterocycles. The summed E-state index contributed by atoms with van der Waals surface area (Å²) in [6.07, 6.45) is -0.621. The fourth-order valence-electron chi connectivity index (χ4n) is 3.52. The summed E-state index contributed by atoms with van der Waals surface area (Å²) in [4.78, 5) is 22.5. The summed E-state index contributed by atoms with van der Waals surface area (Å²) in [5.74, 6) is 0.129. The first-order valence-corrected chi connectivity index (χ1v) is 12.0. The maximum Gasteiger partial charge on any atom is 0.332 e. The number of ether oxygens (including phenoxy) is 6. The molecular weight excluding hydrogens is 476 g/mol. The van der Waals surface area contributed by atoms with Crippen LogP contribution in [-0.2, 0) is 34.0 Å². The van der Waals surface area contributed by atoms with Crippen LogP contribution in [0.3, 0.4) is 0 Å². The third kappa shape index (κ3) is 9.40. The molecule has 4 atom stereocenters. The van der Waals surface area contributed by atoms with E-state index in [1.165, 1.54) is 0 Å². The standard InChI is InChI=1S/C29H36O8/c1-9-27(30)36-21(5)32-19(3)34-25-15-11-23(12-16-25)29(7,8)24-13-17-26(18-14-24)35-20(4)33-22(6)37-28(31)10-2/h9-22H,1-2H2,3-8H3. The highest BCUT2D eigenvalue weighted by molar-refractivity contribution is 5.81. The predicted octanol–water partition coefficient (Wildman–Crippen LogP) is 5.65. The second kappa shape index (κ2) is 13.6. The fourth-order valence-corrected chi connectivity index (χ4v) is 3.52. The lowest BCUT2D eigenvalue weighted by molar-refractivity contribution is -0.205. The van der Waals surface area contributed by atoms with E-state index in [0.717, 1.165) is 23.3 Å². The Kier molecular flexibility index (Phi) is 10.9. The van der Waals surface area contributed by atoms with Gasteiger partial charge in [0.2, 0.25) is 25.2 Å². The molecule has 4 unspecified atom stereocenters. The first kappa shape index (κ1) is 29.6. The highest BCUT2D eigenvalue weighted by Crippen LogP contribution is 2.33. The van der Waals surface area contributed by atoms with E-state index in [4.69, 9.17) is 28.4 Å². The minimum atomic E-state index is -0.765. The van der Waals surface area contributed by atoms with Gasteiger partial charge in [0.05, 0.1) is 0 Å². The Morgan fingerprint density at radius 3 is 1.27 bits per heavy atom. The van der Waals surface area contributed by atoms with Gasteiger partial charge in [0.25, 0.3) is 0 Å². The number of carbonyl (C=O) groups excluding carboxylic acids is 2. The topological polar surface area (TPSA) is 89.5 Å². The van der Waals surface area contributed by atoms with Gasteiger partial charge in [0.1, 0.15) is 11.5 Å². The van der Waals surface area contributed by atoms with E-state index >= 15 is 0 Å². The van der Waals surface area contributed by atoms with Crippen LogP contribution in [0.5, 0.6) is 11.5 Å². The third-order valence-electron chi connectivity index (χ3n) is 5.42. The lowest BCUT2D eigenvalue weighted by Gasteiger charge is -2.27. The largest absolute Gasteiger partial charge is 0.465 e. The average Bonchev–Trinajstić information content (AvgIpc) is 2.84. The van der Waals surface area contributed by atoms with Gasteiger partial charge in [0, 0.05) is 17.6 Å². The Balaban J connectivity index is 1.96. The SMILES string of the molecule is C=CC(=O)OC(C)OC(C)Oc1ccc(C(C)(C)c2ccc(OC(C)OC(C)OC(=O)C=C)cc2)cc1. The molecule has 0 radical (unpaired) electrons. The van der Waals surface area contributed by atoms with Gasteiger partial charge in [-0.1, -0.05) is 51.3 Å². The molecule has 2 aromatic rings. The van der Waals surface area contributed by atoms with Crippen molar-refractivity contribution < 1.29 is 38.0 Å². The van der Waals surface area contributed by atoms with Crippen molar-refractivity contribution in [3.8, 4) is 11.5 Å². The molecule has 8 heteroatoms. The van der Waals surface area contributed by atoms with Gasteiger partial charge >= 0.3 is 11.9 Å². The summed E-state index contributed by atoms with van der Waals surface area (Å²) >= 11 is 0. The smallest absolute Gasteiger partial charge is 0.332 e. The Labute approximate surface area is 218 Å². The molecule has 0 heterocycles. The van der Waals surface area contributed by atoms with Crippen LogP contribution in [0.1, 0.15) is 52.7 Å². The quantitative estimate of drug-likeness (QED) is 0.182. The molecule has 0 saturated heterocycles. The number of hydrogen-bond acceptors (Lipinski definition) is 8. The first-order valence-electron chi connectivity index (χ1n) is 12.0. The summed E-state index contributed by atoms with van der Waals surface area (Å²) in [7, 11) is 0. The number of carbonyl (C=O) groups is 2. The first-order chi connectivity index (χ1) is 17.4. The molecule has 2 rings (SSSR count). The zero-order valence-electron chi connectivity index (χ0n) is 22.3. The zero-order valence-corrected chi connectivity index (χ0v) is 22.3. The molecular formula is C29H36O8. The minimum absolute atomic E-state index is 0.290. The van der Waals surface area contributed by atoms with Crippen molar-refractivity contribution in [1.82, 2.24) is 0 Å². The second-order valence-corrected chi connectivity index (χ2v) is 8.73. The van der Waals surface area contributed by atoms with Crippen molar-refractivity contribution in [1.29, 1.82) is 0 Å². The molecule has 0 amide bonds. The van der Waals surface area contributed by atoms with Crippen LogP contribution in [0.15, 0.2) is 73.8 Å². The van der Waals surface area contributed by atoms with E-state index in [1.54, 1.807) is 27.7 Å². The molecule has 37 heavy (non-hydrogen) atoms. The molecule has 0 bridgehead atoms. The summed E-state index contributed by atoms with van der Waals surface area (Å²) in [5.41, 5.74) is 1.89. The van der Waals surface area contributed by atoms with Gasteiger partial charge in [-0.25, -0.2) is 9.59 Å². The van der Waals surface area contributed by atoms with Crippen molar-refractivity contribution in [3.63, 3.8) is 0 Å². The Morgan fingerprint density at radius 2 is 0.973 bits per heavy atom. The second-order valence-electron chi connectivity index (χ2n) is 8.73. The Hall–Kier alpha value is -3.62. The maximum atomic E-state index is 11.3. The molecule has 0 aliphatic heterocycles. The van der Waals surface area contributed by atoms with Crippen LogP contribution < -0.4 is 9.47 Å². The van der Waals surface area contributed by atoms with Crippen molar-refractivity contribution >= 4 is 11.9 Å². The van der Waals surface area contributed by atoms with Crippen LogP contribution in [0.25, 0.3) is 0 Å². The monoisotopic (exact) mass is 512 g/mol. The Bertz CT molecular complexity index is 959. The van der Waals surface area contributed by atoms with E-state index in [9.17, 15) is 9.59 Å². The summed E-state index contributed by atoms with van der Waals surface area (Å²) < 4.78 is 32.6. The van der Waals surface area contributed by atoms with Crippen LogP contribution in [0.2, 0.25) is 0 Å². The molecule has 200 valence electrons. The van der Waals surface area contributed by atoms with Gasteiger partial charge in [-0.15, -0.1) is 0 Å². The summed E-state index contributed by atoms with van der Waals surface area (Å²) in [6, 6.07) is 15.5. The number of esters is 2. The van der Waals surface area contributed by atoms with Crippen molar-refractivity contribution in [2.24, 2.45) is 0 Å². The van der Waals surface area contributed by atoms with Gasteiger partial charge < -0.3 is 28.4 Å². The highest BCUT2D eigenvalue weighted by Gasteiger charge is 2.24. The zero-order chi connectivity index (χ0) is 27.6. The van der Waals surface area contributed by atoms with Crippen LogP contribution in [0, 0.1) is 0 Å². The van der Waals surface area contributed by atoms with Crippen molar-refractivity contribution in [2.75, 3.05) is 0 Å². The molecule has 0 N–H and O–H groups in total. The van der Waals surface area contributed by atoms with E-state index in [1.807, 2.05) is 48.5 Å². The van der Waals surface area contributed by atoms with Crippen molar-refractivity contribution in [3.05, 3.63) is 85.0 Å². The minimum Gasteiger partial charge on any atom is -0.465 e. The fraction of sp³-hybridized carbons (Fsp3) is 0.379. The molecule has 0 spiro atoms. The molecule has 0 aliphatic carbocycles. The van der Waals surface area contributed by atoms with Crippen LogP contribution >= 0.6 is 0 Å². The number of rotatable bonds is 14. The van der Waals surface area contributed by atoms with Gasteiger partial charge in [-0.05, 0) is 63.1 Å².